The Hall–Kier alpha value is -1.88. The number of hydrogen-bond donors (Lipinski definition) is 2. The van der Waals surface area contributed by atoms with Gasteiger partial charge >= 0.3 is 0 Å². The van der Waals surface area contributed by atoms with Gasteiger partial charge < -0.3 is 10.4 Å². The number of hydrogen-bond acceptors (Lipinski definition) is 3. The Bertz CT molecular complexity index is 599. The van der Waals surface area contributed by atoms with Gasteiger partial charge in [0.1, 0.15) is 5.75 Å². The van der Waals surface area contributed by atoms with Crippen LogP contribution >= 0.6 is 15.9 Å². The second-order valence-corrected chi connectivity index (χ2v) is 4.78. The van der Waals surface area contributed by atoms with Gasteiger partial charge in [0.2, 0.25) is 0 Å². The lowest BCUT2D eigenvalue weighted by Gasteiger charge is -2.08. The van der Waals surface area contributed by atoms with Gasteiger partial charge in [0, 0.05) is 16.9 Å². The van der Waals surface area contributed by atoms with Gasteiger partial charge in [-0.15, -0.1) is 0 Å². The normalized spacial score (nSPS) is 10.1. The number of aryl methyl sites for hydroxylation is 1. The quantitative estimate of drug-likeness (QED) is 0.838. The molecular formula is C13H11BrN2O2. The number of aromatic nitrogens is 1. The summed E-state index contributed by atoms with van der Waals surface area (Å²) < 4.78 is 0.726. The SMILES string of the molecule is Cc1ccc(O)c(NC(=O)c2cncc(Br)c2)c1. The van der Waals surface area contributed by atoms with Crippen LogP contribution in [0.2, 0.25) is 0 Å². The highest BCUT2D eigenvalue weighted by Crippen LogP contribution is 2.24. The van der Waals surface area contributed by atoms with Crippen molar-refractivity contribution in [2.24, 2.45) is 0 Å². The molecule has 0 aliphatic rings. The summed E-state index contributed by atoms with van der Waals surface area (Å²) in [7, 11) is 0. The van der Waals surface area contributed by atoms with Gasteiger partial charge in [-0.25, -0.2) is 0 Å². The number of phenolic OH excluding ortho intramolecular Hbond substituents is 1. The number of anilines is 1. The smallest absolute Gasteiger partial charge is 0.257 e. The zero-order valence-corrected chi connectivity index (χ0v) is 11.2. The summed E-state index contributed by atoms with van der Waals surface area (Å²) in [6.45, 7) is 1.88. The van der Waals surface area contributed by atoms with Crippen LogP contribution in [0.4, 0.5) is 5.69 Å². The highest BCUT2D eigenvalue weighted by atomic mass is 79.9. The van der Waals surface area contributed by atoms with Crippen LogP contribution in [0.3, 0.4) is 0 Å². The molecule has 0 spiro atoms. The summed E-state index contributed by atoms with van der Waals surface area (Å²) in [5.41, 5.74) is 1.76. The molecule has 0 bridgehead atoms. The number of carbonyl (C=O) groups is 1. The molecular weight excluding hydrogens is 296 g/mol. The fourth-order valence-corrected chi connectivity index (χ4v) is 1.85. The first-order valence-electron chi connectivity index (χ1n) is 5.28. The largest absolute Gasteiger partial charge is 0.506 e. The summed E-state index contributed by atoms with van der Waals surface area (Å²) in [6.07, 6.45) is 3.06. The minimum Gasteiger partial charge on any atom is -0.506 e. The predicted octanol–water partition coefficient (Wildman–Crippen LogP) is 3.11. The number of amides is 1. The average Bonchev–Trinajstić information content (AvgIpc) is 2.34. The first-order valence-corrected chi connectivity index (χ1v) is 6.07. The molecule has 2 rings (SSSR count). The number of phenols is 1. The molecule has 0 radical (unpaired) electrons. The molecule has 0 saturated heterocycles. The van der Waals surface area contributed by atoms with Crippen LogP contribution in [0, 0.1) is 6.92 Å². The van der Waals surface area contributed by atoms with Crippen LogP contribution in [0.5, 0.6) is 5.75 Å². The number of nitrogens with zero attached hydrogens (tertiary/aromatic N) is 1. The van der Waals surface area contributed by atoms with Gasteiger partial charge in [0.15, 0.2) is 0 Å². The number of nitrogens with one attached hydrogen (secondary N) is 1. The van der Waals surface area contributed by atoms with Crippen molar-refractivity contribution in [2.75, 3.05) is 5.32 Å². The fraction of sp³-hybridized carbons (Fsp3) is 0.0769. The van der Waals surface area contributed by atoms with Crippen LogP contribution in [-0.2, 0) is 0 Å². The molecule has 0 atom stereocenters. The van der Waals surface area contributed by atoms with Crippen molar-refractivity contribution < 1.29 is 9.90 Å². The molecule has 0 unspecified atom stereocenters. The second kappa shape index (κ2) is 5.18. The summed E-state index contributed by atoms with van der Waals surface area (Å²) in [6, 6.07) is 6.68. The maximum atomic E-state index is 11.9. The summed E-state index contributed by atoms with van der Waals surface area (Å²) in [4.78, 5) is 15.9. The molecule has 5 heteroatoms. The van der Waals surface area contributed by atoms with Crippen LogP contribution in [0.25, 0.3) is 0 Å². The number of aromatic hydroxyl groups is 1. The third kappa shape index (κ3) is 2.87. The van der Waals surface area contributed by atoms with E-state index in [9.17, 15) is 9.90 Å². The lowest BCUT2D eigenvalue weighted by molar-refractivity contribution is 0.102. The first kappa shape index (κ1) is 12.6. The molecule has 1 amide bonds. The van der Waals surface area contributed by atoms with E-state index in [4.69, 9.17) is 0 Å². The number of halogens is 1. The Morgan fingerprint density at radius 3 is 2.83 bits per heavy atom. The van der Waals surface area contributed by atoms with Gasteiger partial charge in [-0.2, -0.15) is 0 Å². The Morgan fingerprint density at radius 1 is 1.33 bits per heavy atom. The standard InChI is InChI=1S/C13H11BrN2O2/c1-8-2-3-12(17)11(4-8)16-13(18)9-5-10(14)7-15-6-9/h2-7,17H,1H3,(H,16,18). The Kier molecular flexibility index (Phi) is 3.62. The van der Waals surface area contributed by atoms with E-state index < -0.39 is 0 Å². The molecule has 1 aromatic carbocycles. The summed E-state index contributed by atoms with van der Waals surface area (Å²) in [5, 5.41) is 12.3. The first-order chi connectivity index (χ1) is 8.56. The molecule has 0 aliphatic carbocycles. The van der Waals surface area contributed by atoms with Crippen molar-refractivity contribution in [1.29, 1.82) is 0 Å². The number of pyridine rings is 1. The molecule has 0 fully saturated rings. The van der Waals surface area contributed by atoms with E-state index in [-0.39, 0.29) is 11.7 Å². The monoisotopic (exact) mass is 306 g/mol. The number of rotatable bonds is 2. The van der Waals surface area contributed by atoms with Gasteiger partial charge in [0.25, 0.3) is 5.91 Å². The average molecular weight is 307 g/mol. The van der Waals surface area contributed by atoms with E-state index in [0.29, 0.717) is 11.3 Å². The summed E-state index contributed by atoms with van der Waals surface area (Å²) >= 11 is 3.25. The molecule has 92 valence electrons. The van der Waals surface area contributed by atoms with Crippen molar-refractivity contribution >= 4 is 27.5 Å². The predicted molar refractivity (Wildman–Crippen MR) is 72.7 cm³/mol. The van der Waals surface area contributed by atoms with Gasteiger partial charge in [-0.05, 0) is 46.6 Å². The third-order valence-electron chi connectivity index (χ3n) is 2.37. The van der Waals surface area contributed by atoms with Crippen molar-refractivity contribution in [3.63, 3.8) is 0 Å². The van der Waals surface area contributed by atoms with Crippen molar-refractivity contribution in [3.05, 3.63) is 52.3 Å². The Balaban J connectivity index is 2.24. The molecule has 2 N–H and O–H groups in total. The zero-order chi connectivity index (χ0) is 13.1. The van der Waals surface area contributed by atoms with E-state index in [2.05, 4.69) is 26.2 Å². The Labute approximate surface area is 113 Å². The Morgan fingerprint density at radius 2 is 2.11 bits per heavy atom. The minimum atomic E-state index is -0.315. The maximum absolute atomic E-state index is 11.9. The maximum Gasteiger partial charge on any atom is 0.257 e. The molecule has 0 aliphatic heterocycles. The minimum absolute atomic E-state index is 0.0388. The van der Waals surface area contributed by atoms with E-state index in [1.807, 2.05) is 6.92 Å². The topological polar surface area (TPSA) is 62.2 Å². The lowest BCUT2D eigenvalue weighted by Crippen LogP contribution is -2.12. The molecule has 1 aromatic heterocycles. The van der Waals surface area contributed by atoms with Gasteiger partial charge in [-0.3, -0.25) is 9.78 Å². The van der Waals surface area contributed by atoms with Crippen LogP contribution < -0.4 is 5.32 Å². The zero-order valence-electron chi connectivity index (χ0n) is 9.64. The van der Waals surface area contributed by atoms with Crippen LogP contribution in [-0.4, -0.2) is 16.0 Å². The third-order valence-corrected chi connectivity index (χ3v) is 2.80. The molecule has 4 nitrogen and oxygen atoms in total. The summed E-state index contributed by atoms with van der Waals surface area (Å²) in [5.74, 6) is -0.276. The van der Waals surface area contributed by atoms with Crippen molar-refractivity contribution in [3.8, 4) is 5.75 Å². The van der Waals surface area contributed by atoms with Crippen molar-refractivity contribution in [1.82, 2.24) is 4.98 Å². The van der Waals surface area contributed by atoms with E-state index in [1.54, 1.807) is 30.5 Å². The van der Waals surface area contributed by atoms with E-state index >= 15 is 0 Å². The van der Waals surface area contributed by atoms with Crippen LogP contribution in [0.1, 0.15) is 15.9 Å². The van der Waals surface area contributed by atoms with E-state index in [0.717, 1.165) is 10.0 Å². The molecule has 0 saturated carbocycles. The second-order valence-electron chi connectivity index (χ2n) is 3.87. The number of benzene rings is 1. The van der Waals surface area contributed by atoms with Crippen LogP contribution in [0.15, 0.2) is 41.1 Å². The van der Waals surface area contributed by atoms with Crippen molar-refractivity contribution in [2.45, 2.75) is 6.92 Å². The van der Waals surface area contributed by atoms with Gasteiger partial charge in [-0.1, -0.05) is 6.07 Å². The fourth-order valence-electron chi connectivity index (χ4n) is 1.48. The highest BCUT2D eigenvalue weighted by molar-refractivity contribution is 9.10. The lowest BCUT2D eigenvalue weighted by atomic mass is 10.2. The molecule has 1 heterocycles. The highest BCUT2D eigenvalue weighted by Gasteiger charge is 2.09. The van der Waals surface area contributed by atoms with E-state index in [1.165, 1.54) is 6.20 Å². The van der Waals surface area contributed by atoms with Gasteiger partial charge in [0.05, 0.1) is 11.3 Å². The number of carbonyl (C=O) groups excluding carboxylic acids is 1. The molecule has 2 aromatic rings. The molecule has 18 heavy (non-hydrogen) atoms.